The van der Waals surface area contributed by atoms with Crippen LogP contribution in [0.2, 0.25) is 0 Å². The Morgan fingerprint density at radius 2 is 1.96 bits per heavy atom. The lowest BCUT2D eigenvalue weighted by Gasteiger charge is -2.29. The largest absolute Gasteiger partial charge is 0.352 e. The van der Waals surface area contributed by atoms with E-state index in [-0.39, 0.29) is 17.7 Å². The Hall–Kier alpha value is -1.92. The number of benzene rings is 1. The molecule has 0 spiro atoms. The second-order valence-electron chi connectivity index (χ2n) is 6.55. The molecule has 6 nitrogen and oxygen atoms in total. The fraction of sp³-hybridized carbons (Fsp3) is 0.556. The van der Waals surface area contributed by atoms with E-state index < -0.39 is 0 Å². The fourth-order valence-electron chi connectivity index (χ4n) is 2.95. The van der Waals surface area contributed by atoms with Gasteiger partial charge in [-0.05, 0) is 43.4 Å². The van der Waals surface area contributed by atoms with Crippen LogP contribution in [0.4, 0.5) is 0 Å². The molecule has 1 aromatic carbocycles. The van der Waals surface area contributed by atoms with E-state index in [4.69, 9.17) is 4.84 Å². The number of piperidine rings is 1. The average molecular weight is 331 g/mol. The number of hydroxylamine groups is 2. The summed E-state index contributed by atoms with van der Waals surface area (Å²) >= 11 is 0. The zero-order valence-corrected chi connectivity index (χ0v) is 14.1. The fourth-order valence-corrected chi connectivity index (χ4v) is 2.95. The third kappa shape index (κ3) is 4.55. The summed E-state index contributed by atoms with van der Waals surface area (Å²) in [4.78, 5) is 29.5. The standard InChI is InChI=1S/C18H25N3O3/c1-24-21-9-7-14(8-10-21)17(22)19-12-13-3-2-4-15(11-13)18(23)20-16-5-6-16/h2-4,11,14,16H,5-10,12H2,1H3,(H,19,22)(H,20,23). The van der Waals surface area contributed by atoms with E-state index in [1.54, 1.807) is 7.11 Å². The highest BCUT2D eigenvalue weighted by atomic mass is 16.7. The van der Waals surface area contributed by atoms with Crippen molar-refractivity contribution in [1.82, 2.24) is 15.7 Å². The van der Waals surface area contributed by atoms with E-state index in [2.05, 4.69) is 10.6 Å². The molecule has 0 bridgehead atoms. The van der Waals surface area contributed by atoms with Crippen LogP contribution in [0.5, 0.6) is 0 Å². The third-order valence-electron chi connectivity index (χ3n) is 4.65. The van der Waals surface area contributed by atoms with Crippen molar-refractivity contribution in [3.8, 4) is 0 Å². The SMILES string of the molecule is CON1CCC(C(=O)NCc2cccc(C(=O)NC3CC3)c2)CC1. The van der Waals surface area contributed by atoms with Crippen LogP contribution in [0, 0.1) is 5.92 Å². The molecule has 6 heteroatoms. The molecule has 2 N–H and O–H groups in total. The van der Waals surface area contributed by atoms with Gasteiger partial charge in [0.15, 0.2) is 0 Å². The number of nitrogens with zero attached hydrogens (tertiary/aromatic N) is 1. The highest BCUT2D eigenvalue weighted by molar-refractivity contribution is 5.94. The van der Waals surface area contributed by atoms with Crippen LogP contribution in [0.25, 0.3) is 0 Å². The average Bonchev–Trinajstić information content (AvgIpc) is 3.44. The number of rotatable bonds is 6. The lowest BCUT2D eigenvalue weighted by Crippen LogP contribution is -2.39. The lowest BCUT2D eigenvalue weighted by molar-refractivity contribution is -0.154. The van der Waals surface area contributed by atoms with Crippen LogP contribution in [-0.4, -0.2) is 43.1 Å². The zero-order chi connectivity index (χ0) is 16.9. The van der Waals surface area contributed by atoms with Crippen LogP contribution < -0.4 is 10.6 Å². The number of nitrogens with one attached hydrogen (secondary N) is 2. The maximum absolute atomic E-state index is 12.3. The van der Waals surface area contributed by atoms with E-state index in [0.29, 0.717) is 18.2 Å². The lowest BCUT2D eigenvalue weighted by atomic mass is 9.97. The number of hydrogen-bond acceptors (Lipinski definition) is 4. The first-order chi connectivity index (χ1) is 11.7. The number of carbonyl (C=O) groups excluding carboxylic acids is 2. The van der Waals surface area contributed by atoms with Crippen molar-refractivity contribution < 1.29 is 14.4 Å². The Labute approximate surface area is 142 Å². The zero-order valence-electron chi connectivity index (χ0n) is 14.1. The second-order valence-corrected chi connectivity index (χ2v) is 6.55. The van der Waals surface area contributed by atoms with Gasteiger partial charge in [-0.3, -0.25) is 9.59 Å². The molecule has 1 saturated heterocycles. The van der Waals surface area contributed by atoms with Crippen LogP contribution in [0.15, 0.2) is 24.3 Å². The smallest absolute Gasteiger partial charge is 0.251 e. The van der Waals surface area contributed by atoms with Crippen molar-refractivity contribution in [2.75, 3.05) is 20.2 Å². The van der Waals surface area contributed by atoms with Gasteiger partial charge >= 0.3 is 0 Å². The maximum Gasteiger partial charge on any atom is 0.251 e. The molecule has 1 aliphatic heterocycles. The molecule has 0 aromatic heterocycles. The van der Waals surface area contributed by atoms with Crippen molar-refractivity contribution in [2.24, 2.45) is 5.92 Å². The summed E-state index contributed by atoms with van der Waals surface area (Å²) in [7, 11) is 1.66. The quantitative estimate of drug-likeness (QED) is 0.828. The minimum atomic E-state index is -0.0300. The van der Waals surface area contributed by atoms with Crippen LogP contribution in [-0.2, 0) is 16.2 Å². The Bertz CT molecular complexity index is 593. The van der Waals surface area contributed by atoms with Gasteiger partial charge < -0.3 is 15.5 Å². The first-order valence-corrected chi connectivity index (χ1v) is 8.62. The van der Waals surface area contributed by atoms with Crippen molar-refractivity contribution in [3.05, 3.63) is 35.4 Å². The van der Waals surface area contributed by atoms with Gasteiger partial charge in [0.05, 0.1) is 7.11 Å². The van der Waals surface area contributed by atoms with Crippen molar-refractivity contribution in [1.29, 1.82) is 0 Å². The molecule has 1 aromatic rings. The first kappa shape index (κ1) is 16.9. The number of carbonyl (C=O) groups is 2. The molecular formula is C18H25N3O3. The number of amides is 2. The minimum Gasteiger partial charge on any atom is -0.352 e. The summed E-state index contributed by atoms with van der Waals surface area (Å²) in [5.74, 6) is 0.0916. The Morgan fingerprint density at radius 1 is 1.21 bits per heavy atom. The van der Waals surface area contributed by atoms with Gasteiger partial charge in [-0.2, -0.15) is 5.06 Å². The summed E-state index contributed by atoms with van der Waals surface area (Å²) in [6, 6.07) is 7.80. The molecular weight excluding hydrogens is 306 g/mol. The van der Waals surface area contributed by atoms with Gasteiger partial charge in [0, 0.05) is 37.2 Å². The molecule has 1 aliphatic carbocycles. The van der Waals surface area contributed by atoms with Crippen molar-refractivity contribution >= 4 is 11.8 Å². The van der Waals surface area contributed by atoms with Gasteiger partial charge in [-0.25, -0.2) is 0 Å². The molecule has 130 valence electrons. The van der Waals surface area contributed by atoms with E-state index in [0.717, 1.165) is 44.3 Å². The van der Waals surface area contributed by atoms with Gasteiger partial charge in [-0.15, -0.1) is 0 Å². The van der Waals surface area contributed by atoms with E-state index in [1.807, 2.05) is 29.3 Å². The summed E-state index contributed by atoms with van der Waals surface area (Å²) in [6.07, 6.45) is 3.76. The van der Waals surface area contributed by atoms with Gasteiger partial charge in [0.2, 0.25) is 5.91 Å². The molecule has 2 amide bonds. The predicted octanol–water partition coefficient (Wildman–Crippen LogP) is 1.47. The molecule has 24 heavy (non-hydrogen) atoms. The van der Waals surface area contributed by atoms with Crippen molar-refractivity contribution in [3.63, 3.8) is 0 Å². The molecule has 0 radical (unpaired) electrons. The summed E-state index contributed by atoms with van der Waals surface area (Å²) < 4.78 is 0. The molecule has 0 atom stereocenters. The molecule has 1 saturated carbocycles. The van der Waals surface area contributed by atoms with Crippen LogP contribution >= 0.6 is 0 Å². The highest BCUT2D eigenvalue weighted by Gasteiger charge is 2.25. The number of hydrogen-bond donors (Lipinski definition) is 2. The summed E-state index contributed by atoms with van der Waals surface area (Å²) in [5, 5.41) is 7.85. The van der Waals surface area contributed by atoms with Crippen LogP contribution in [0.1, 0.15) is 41.6 Å². The van der Waals surface area contributed by atoms with Crippen LogP contribution in [0.3, 0.4) is 0 Å². The first-order valence-electron chi connectivity index (χ1n) is 8.62. The molecule has 2 aliphatic rings. The van der Waals surface area contributed by atoms with Gasteiger partial charge in [0.1, 0.15) is 0 Å². The van der Waals surface area contributed by atoms with Gasteiger partial charge in [0.25, 0.3) is 5.91 Å². The topological polar surface area (TPSA) is 70.7 Å². The Morgan fingerprint density at radius 3 is 2.62 bits per heavy atom. The highest BCUT2D eigenvalue weighted by Crippen LogP contribution is 2.20. The molecule has 3 rings (SSSR count). The normalized spacial score (nSPS) is 19.0. The second kappa shape index (κ2) is 7.77. The van der Waals surface area contributed by atoms with Crippen molar-refractivity contribution in [2.45, 2.75) is 38.3 Å². The molecule has 1 heterocycles. The monoisotopic (exact) mass is 331 g/mol. The molecule has 2 fully saturated rings. The Kier molecular flexibility index (Phi) is 5.48. The van der Waals surface area contributed by atoms with Gasteiger partial charge in [-0.1, -0.05) is 12.1 Å². The molecule has 0 unspecified atom stereocenters. The predicted molar refractivity (Wildman–Crippen MR) is 90.1 cm³/mol. The Balaban J connectivity index is 1.49. The summed E-state index contributed by atoms with van der Waals surface area (Å²) in [5.41, 5.74) is 1.60. The summed E-state index contributed by atoms with van der Waals surface area (Å²) in [6.45, 7) is 2.02. The van der Waals surface area contributed by atoms with E-state index >= 15 is 0 Å². The third-order valence-corrected chi connectivity index (χ3v) is 4.65. The minimum absolute atomic E-state index is 0.0300. The van der Waals surface area contributed by atoms with E-state index in [1.165, 1.54) is 0 Å². The van der Waals surface area contributed by atoms with E-state index in [9.17, 15) is 9.59 Å². The maximum atomic E-state index is 12.3.